The number of nitrogens with two attached hydrogens (primary N) is 2. The first-order valence-corrected chi connectivity index (χ1v) is 8.75. The van der Waals surface area contributed by atoms with E-state index in [2.05, 4.69) is 36.2 Å². The molecule has 1 fully saturated rings. The molecule has 1 aliphatic carbocycles. The molecule has 0 spiro atoms. The second-order valence-corrected chi connectivity index (χ2v) is 6.83. The minimum atomic E-state index is 0.403. The molecule has 128 valence electrons. The van der Waals surface area contributed by atoms with Gasteiger partial charge in [0, 0.05) is 22.9 Å². The molecule has 0 atom stereocenters. The van der Waals surface area contributed by atoms with E-state index in [1.165, 1.54) is 24.0 Å². The van der Waals surface area contributed by atoms with E-state index in [4.69, 9.17) is 22.2 Å². The topological polar surface area (TPSA) is 84.4 Å². The zero-order chi connectivity index (χ0) is 17.5. The average Bonchev–Trinajstić information content (AvgIpc) is 3.34. The van der Waals surface area contributed by atoms with Crippen molar-refractivity contribution in [3.8, 4) is 0 Å². The molecule has 1 aromatic carbocycles. The molecule has 0 bridgehead atoms. The van der Waals surface area contributed by atoms with E-state index in [1.807, 2.05) is 18.5 Å². The zero-order valence-electron chi connectivity index (χ0n) is 13.4. The SMILES string of the molecule is CN(N)c1cccc(C2CC2)c1/C=C/c1cc(Cl)cs1.NNC=O. The molecule has 1 aromatic heterocycles. The molecular weight excluding hydrogens is 344 g/mol. The molecule has 0 radical (unpaired) electrons. The third-order valence-corrected chi connectivity index (χ3v) is 4.83. The van der Waals surface area contributed by atoms with Crippen LogP contribution in [-0.4, -0.2) is 13.5 Å². The average molecular weight is 365 g/mol. The van der Waals surface area contributed by atoms with Gasteiger partial charge in [0.25, 0.3) is 0 Å². The summed E-state index contributed by atoms with van der Waals surface area (Å²) in [6, 6.07) is 8.35. The van der Waals surface area contributed by atoms with Crippen molar-refractivity contribution in [1.29, 1.82) is 0 Å². The summed E-state index contributed by atoms with van der Waals surface area (Å²) in [5.74, 6) is 11.1. The quantitative estimate of drug-likeness (QED) is 0.328. The van der Waals surface area contributed by atoms with E-state index < -0.39 is 0 Å². The predicted molar refractivity (Wildman–Crippen MR) is 103 cm³/mol. The Morgan fingerprint density at radius 2 is 2.08 bits per heavy atom. The lowest BCUT2D eigenvalue weighted by Crippen LogP contribution is -2.26. The van der Waals surface area contributed by atoms with Crippen LogP contribution in [0.15, 0.2) is 29.6 Å². The van der Waals surface area contributed by atoms with Crippen LogP contribution < -0.4 is 22.1 Å². The third-order valence-electron chi connectivity index (χ3n) is 3.58. The molecule has 3 rings (SSSR count). The number of rotatable bonds is 5. The molecule has 0 aliphatic heterocycles. The number of nitrogens with zero attached hydrogens (tertiary/aromatic N) is 1. The molecule has 5 N–H and O–H groups in total. The van der Waals surface area contributed by atoms with Gasteiger partial charge in [-0.25, -0.2) is 11.7 Å². The monoisotopic (exact) mass is 364 g/mol. The lowest BCUT2D eigenvalue weighted by Gasteiger charge is -2.18. The van der Waals surface area contributed by atoms with Gasteiger partial charge in [-0.2, -0.15) is 0 Å². The summed E-state index contributed by atoms with van der Waals surface area (Å²) in [5, 5.41) is 4.43. The van der Waals surface area contributed by atoms with E-state index >= 15 is 0 Å². The fourth-order valence-electron chi connectivity index (χ4n) is 2.39. The van der Waals surface area contributed by atoms with E-state index in [0.717, 1.165) is 15.6 Å². The van der Waals surface area contributed by atoms with Gasteiger partial charge in [-0.3, -0.25) is 10.2 Å². The van der Waals surface area contributed by atoms with Crippen molar-refractivity contribution in [3.63, 3.8) is 0 Å². The summed E-state index contributed by atoms with van der Waals surface area (Å²) in [6.45, 7) is 0. The van der Waals surface area contributed by atoms with Crippen molar-refractivity contribution in [2.75, 3.05) is 12.1 Å². The summed E-state index contributed by atoms with van der Waals surface area (Å²) >= 11 is 7.61. The highest BCUT2D eigenvalue weighted by Gasteiger charge is 2.26. The number of benzene rings is 1. The Morgan fingerprint density at radius 1 is 1.38 bits per heavy atom. The standard InChI is InChI=1S/C16H17ClN2S.CH4N2O/c1-19(18)16-4-2-3-14(11-5-6-11)15(16)8-7-13-9-12(17)10-20-13;2-3-1-4/h2-4,7-11H,5-6,18H2,1H3;1H,2H2,(H,3,4)/b8-7+;. The maximum atomic E-state index is 8.94. The Kier molecular flexibility index (Phi) is 6.81. The molecule has 2 aromatic rings. The second kappa shape index (κ2) is 8.84. The summed E-state index contributed by atoms with van der Waals surface area (Å²) in [7, 11) is 1.88. The van der Waals surface area contributed by atoms with Gasteiger partial charge in [0.15, 0.2) is 0 Å². The molecule has 7 heteroatoms. The number of nitrogens with one attached hydrogen (secondary N) is 1. The number of amides is 1. The molecule has 24 heavy (non-hydrogen) atoms. The highest BCUT2D eigenvalue weighted by molar-refractivity contribution is 7.11. The van der Waals surface area contributed by atoms with Gasteiger partial charge in [0.1, 0.15) is 0 Å². The fourth-order valence-corrected chi connectivity index (χ4v) is 3.37. The first-order chi connectivity index (χ1) is 11.6. The van der Waals surface area contributed by atoms with Crippen LogP contribution >= 0.6 is 22.9 Å². The van der Waals surface area contributed by atoms with Crippen molar-refractivity contribution in [2.24, 2.45) is 11.7 Å². The number of halogens is 1. The highest BCUT2D eigenvalue weighted by atomic mass is 35.5. The third kappa shape index (κ3) is 5.07. The maximum Gasteiger partial charge on any atom is 0.221 e. The summed E-state index contributed by atoms with van der Waals surface area (Å²) < 4.78 is 0. The van der Waals surface area contributed by atoms with E-state index in [9.17, 15) is 0 Å². The molecule has 5 nitrogen and oxygen atoms in total. The van der Waals surface area contributed by atoms with Gasteiger partial charge < -0.3 is 5.01 Å². The predicted octanol–water partition coefficient (Wildman–Crippen LogP) is 3.37. The van der Waals surface area contributed by atoms with Crippen LogP contribution in [0.4, 0.5) is 5.69 Å². The molecule has 0 unspecified atom stereocenters. The number of carbonyl (C=O) groups is 1. The van der Waals surface area contributed by atoms with Crippen molar-refractivity contribution >= 4 is 47.2 Å². The molecule has 1 heterocycles. The van der Waals surface area contributed by atoms with Crippen LogP contribution in [0.1, 0.15) is 34.8 Å². The number of hydrazine groups is 2. The van der Waals surface area contributed by atoms with Crippen LogP contribution in [0.3, 0.4) is 0 Å². The number of hydrogen-bond acceptors (Lipinski definition) is 5. The summed E-state index contributed by atoms with van der Waals surface area (Å²) in [4.78, 5) is 10.1. The second-order valence-electron chi connectivity index (χ2n) is 5.45. The first-order valence-electron chi connectivity index (χ1n) is 7.50. The Morgan fingerprint density at radius 3 is 2.58 bits per heavy atom. The van der Waals surface area contributed by atoms with Gasteiger partial charge in [-0.1, -0.05) is 29.8 Å². The zero-order valence-corrected chi connectivity index (χ0v) is 15.0. The van der Waals surface area contributed by atoms with Crippen LogP contribution in [0.2, 0.25) is 5.02 Å². The Balaban J connectivity index is 0.000000471. The number of carbonyl (C=O) groups excluding carboxylic acids is 1. The minimum absolute atomic E-state index is 0.403. The molecule has 0 saturated heterocycles. The molecule has 1 amide bonds. The normalized spacial score (nSPS) is 13.3. The van der Waals surface area contributed by atoms with Gasteiger partial charge in [-0.15, -0.1) is 11.3 Å². The number of hydrogen-bond donors (Lipinski definition) is 3. The van der Waals surface area contributed by atoms with E-state index in [0.29, 0.717) is 12.3 Å². The smallest absolute Gasteiger partial charge is 0.221 e. The van der Waals surface area contributed by atoms with Crippen LogP contribution in [0, 0.1) is 0 Å². The van der Waals surface area contributed by atoms with Gasteiger partial charge >= 0.3 is 0 Å². The molecule has 1 aliphatic rings. The van der Waals surface area contributed by atoms with Crippen LogP contribution in [-0.2, 0) is 4.79 Å². The van der Waals surface area contributed by atoms with Crippen molar-refractivity contribution in [1.82, 2.24) is 5.43 Å². The first kappa shape index (κ1) is 18.5. The largest absolute Gasteiger partial charge is 0.314 e. The molecular formula is C17H21ClN4OS. The summed E-state index contributed by atoms with van der Waals surface area (Å²) in [6.07, 6.45) is 7.24. The van der Waals surface area contributed by atoms with Gasteiger partial charge in [0.2, 0.25) is 6.41 Å². The minimum Gasteiger partial charge on any atom is -0.314 e. The van der Waals surface area contributed by atoms with Crippen LogP contribution in [0.5, 0.6) is 0 Å². The van der Waals surface area contributed by atoms with E-state index in [-0.39, 0.29) is 0 Å². The number of anilines is 1. The fraction of sp³-hybridized carbons (Fsp3) is 0.235. The van der Waals surface area contributed by atoms with E-state index in [1.54, 1.807) is 21.8 Å². The Labute approximate surface area is 150 Å². The Hall–Kier alpha value is -1.86. The van der Waals surface area contributed by atoms with Gasteiger partial charge in [0.05, 0.1) is 10.7 Å². The Bertz CT molecular complexity index is 690. The lowest BCUT2D eigenvalue weighted by atomic mass is 10.0. The van der Waals surface area contributed by atoms with Crippen molar-refractivity contribution in [2.45, 2.75) is 18.8 Å². The van der Waals surface area contributed by atoms with Crippen molar-refractivity contribution < 1.29 is 4.79 Å². The van der Waals surface area contributed by atoms with Crippen LogP contribution in [0.25, 0.3) is 12.2 Å². The molecule has 1 saturated carbocycles. The summed E-state index contributed by atoms with van der Waals surface area (Å²) in [5.41, 5.74) is 5.44. The van der Waals surface area contributed by atoms with Crippen molar-refractivity contribution in [3.05, 3.63) is 50.7 Å². The van der Waals surface area contributed by atoms with Gasteiger partial charge in [-0.05, 0) is 42.5 Å². The maximum absolute atomic E-state index is 8.94. The number of thiophene rings is 1. The highest BCUT2D eigenvalue weighted by Crippen LogP contribution is 2.44. The lowest BCUT2D eigenvalue weighted by molar-refractivity contribution is -0.109.